The second kappa shape index (κ2) is 9.43. The van der Waals surface area contributed by atoms with Crippen LogP contribution in [0.15, 0.2) is 66.3 Å². The number of carbonyl (C=O) groups is 1. The molecule has 0 unspecified atom stereocenters. The molecule has 1 aromatic heterocycles. The summed E-state index contributed by atoms with van der Waals surface area (Å²) < 4.78 is 1.98. The molecular weight excluding hydrogens is 382 g/mol. The van der Waals surface area contributed by atoms with Crippen LogP contribution in [-0.4, -0.2) is 40.5 Å². The Kier molecular flexibility index (Phi) is 6.72. The summed E-state index contributed by atoms with van der Waals surface area (Å²) in [6.45, 7) is 6.42. The van der Waals surface area contributed by atoms with E-state index in [0.717, 1.165) is 28.3 Å². The summed E-state index contributed by atoms with van der Waals surface area (Å²) in [6.07, 6.45) is 1.80. The number of aromatic nitrogens is 3. The Morgan fingerprint density at radius 1 is 1.21 bits per heavy atom. The summed E-state index contributed by atoms with van der Waals surface area (Å²) in [5.74, 6) is 0.930. The molecule has 3 rings (SSSR count). The maximum Gasteiger partial charge on any atom is 0.234 e. The molecule has 0 saturated carbocycles. The first kappa shape index (κ1) is 20.7. The lowest BCUT2D eigenvalue weighted by Crippen LogP contribution is -2.14. The SMILES string of the molecule is C=CCn1c(SCC(=O)Nc2ccc(C)cc2)nnc1-c1cccc(N(C)C)c1. The predicted octanol–water partition coefficient (Wildman–Crippen LogP) is 4.24. The lowest BCUT2D eigenvalue weighted by atomic mass is 10.2. The smallest absolute Gasteiger partial charge is 0.234 e. The van der Waals surface area contributed by atoms with Gasteiger partial charge >= 0.3 is 0 Å². The van der Waals surface area contributed by atoms with Crippen LogP contribution >= 0.6 is 11.8 Å². The molecule has 0 bridgehead atoms. The summed E-state index contributed by atoms with van der Waals surface area (Å²) in [5, 5.41) is 12.3. The van der Waals surface area contributed by atoms with E-state index in [9.17, 15) is 4.79 Å². The van der Waals surface area contributed by atoms with Crippen LogP contribution in [0.3, 0.4) is 0 Å². The largest absolute Gasteiger partial charge is 0.378 e. The molecule has 1 amide bonds. The minimum absolute atomic E-state index is 0.0804. The van der Waals surface area contributed by atoms with Gasteiger partial charge in [-0.3, -0.25) is 9.36 Å². The average molecular weight is 408 g/mol. The molecule has 6 nitrogen and oxygen atoms in total. The van der Waals surface area contributed by atoms with Crippen LogP contribution in [0.4, 0.5) is 11.4 Å². The number of amides is 1. The highest BCUT2D eigenvalue weighted by Crippen LogP contribution is 2.26. The molecule has 0 atom stereocenters. The van der Waals surface area contributed by atoms with Crippen LogP contribution in [0.1, 0.15) is 5.56 Å². The zero-order valence-corrected chi connectivity index (χ0v) is 17.7. The summed E-state index contributed by atoms with van der Waals surface area (Å²) >= 11 is 1.36. The molecule has 2 aromatic carbocycles. The number of carbonyl (C=O) groups excluding carboxylic acids is 1. The third kappa shape index (κ3) is 5.26. The van der Waals surface area contributed by atoms with Crippen LogP contribution in [0, 0.1) is 6.92 Å². The van der Waals surface area contributed by atoms with Crippen molar-refractivity contribution in [3.8, 4) is 11.4 Å². The van der Waals surface area contributed by atoms with Gasteiger partial charge in [0.2, 0.25) is 5.91 Å². The first-order valence-corrected chi connectivity index (χ1v) is 10.3. The third-order valence-electron chi connectivity index (χ3n) is 4.32. The van der Waals surface area contributed by atoms with Crippen LogP contribution in [0.2, 0.25) is 0 Å². The van der Waals surface area contributed by atoms with Crippen molar-refractivity contribution in [2.24, 2.45) is 0 Å². The highest BCUT2D eigenvalue weighted by molar-refractivity contribution is 7.99. The van der Waals surface area contributed by atoms with E-state index in [1.54, 1.807) is 6.08 Å². The van der Waals surface area contributed by atoms with E-state index in [0.29, 0.717) is 11.7 Å². The quantitative estimate of drug-likeness (QED) is 0.447. The summed E-state index contributed by atoms with van der Waals surface area (Å²) in [6, 6.07) is 15.9. The number of allylic oxidation sites excluding steroid dienone is 1. The Morgan fingerprint density at radius 2 is 1.97 bits per heavy atom. The van der Waals surface area contributed by atoms with E-state index in [2.05, 4.69) is 28.2 Å². The van der Waals surface area contributed by atoms with E-state index >= 15 is 0 Å². The molecule has 0 aliphatic rings. The van der Waals surface area contributed by atoms with Gasteiger partial charge in [0.25, 0.3) is 0 Å². The van der Waals surface area contributed by atoms with E-state index in [1.807, 2.05) is 73.0 Å². The Morgan fingerprint density at radius 3 is 2.66 bits per heavy atom. The van der Waals surface area contributed by atoms with Crippen molar-refractivity contribution >= 4 is 29.0 Å². The lowest BCUT2D eigenvalue weighted by molar-refractivity contribution is -0.113. The molecule has 150 valence electrons. The number of hydrogen-bond donors (Lipinski definition) is 1. The Hall–Kier alpha value is -3.06. The Bertz CT molecular complexity index is 995. The van der Waals surface area contributed by atoms with Gasteiger partial charge in [-0.15, -0.1) is 16.8 Å². The van der Waals surface area contributed by atoms with E-state index in [1.165, 1.54) is 11.8 Å². The molecule has 0 fully saturated rings. The molecular formula is C22H25N5OS. The fourth-order valence-electron chi connectivity index (χ4n) is 2.79. The van der Waals surface area contributed by atoms with Crippen molar-refractivity contribution < 1.29 is 4.79 Å². The predicted molar refractivity (Wildman–Crippen MR) is 121 cm³/mol. The summed E-state index contributed by atoms with van der Waals surface area (Å²) in [7, 11) is 4.00. The fourth-order valence-corrected chi connectivity index (χ4v) is 3.54. The summed E-state index contributed by atoms with van der Waals surface area (Å²) in [4.78, 5) is 14.4. The molecule has 0 aliphatic heterocycles. The first-order valence-electron chi connectivity index (χ1n) is 9.29. The average Bonchev–Trinajstić information content (AvgIpc) is 3.11. The molecule has 0 aliphatic carbocycles. The van der Waals surface area contributed by atoms with E-state index in [-0.39, 0.29) is 11.7 Å². The van der Waals surface area contributed by atoms with Crippen molar-refractivity contribution in [3.05, 3.63) is 66.7 Å². The number of benzene rings is 2. The molecule has 7 heteroatoms. The van der Waals surface area contributed by atoms with Gasteiger partial charge in [0.05, 0.1) is 5.75 Å². The minimum Gasteiger partial charge on any atom is -0.378 e. The maximum atomic E-state index is 12.3. The molecule has 1 N–H and O–H groups in total. The maximum absolute atomic E-state index is 12.3. The van der Waals surface area contributed by atoms with Gasteiger partial charge in [0, 0.05) is 37.6 Å². The molecule has 0 radical (unpaired) electrons. The fraction of sp³-hybridized carbons (Fsp3) is 0.227. The van der Waals surface area contributed by atoms with Gasteiger partial charge in [0.15, 0.2) is 11.0 Å². The molecule has 3 aromatic rings. The number of nitrogens with zero attached hydrogens (tertiary/aromatic N) is 4. The van der Waals surface area contributed by atoms with Gasteiger partial charge in [0.1, 0.15) is 0 Å². The van der Waals surface area contributed by atoms with Gasteiger partial charge in [-0.2, -0.15) is 0 Å². The number of aryl methyl sites for hydroxylation is 1. The topological polar surface area (TPSA) is 63.1 Å². The normalized spacial score (nSPS) is 10.6. The standard InChI is InChI=1S/C22H25N5OS/c1-5-13-27-21(17-7-6-8-19(14-17)26(3)4)24-25-22(27)29-15-20(28)23-18-11-9-16(2)10-12-18/h5-12,14H,1,13,15H2,2-4H3,(H,23,28). The van der Waals surface area contributed by atoms with Crippen molar-refractivity contribution in [2.75, 3.05) is 30.1 Å². The Balaban J connectivity index is 1.74. The number of hydrogen-bond acceptors (Lipinski definition) is 5. The highest BCUT2D eigenvalue weighted by Gasteiger charge is 2.15. The van der Waals surface area contributed by atoms with Crippen LogP contribution < -0.4 is 10.2 Å². The summed E-state index contributed by atoms with van der Waals surface area (Å²) in [5.41, 5.74) is 4.00. The van der Waals surface area contributed by atoms with Crippen molar-refractivity contribution in [1.82, 2.24) is 14.8 Å². The molecule has 0 spiro atoms. The number of nitrogens with one attached hydrogen (secondary N) is 1. The monoisotopic (exact) mass is 407 g/mol. The van der Waals surface area contributed by atoms with Gasteiger partial charge < -0.3 is 10.2 Å². The minimum atomic E-state index is -0.0804. The second-order valence-electron chi connectivity index (χ2n) is 6.85. The van der Waals surface area contributed by atoms with E-state index in [4.69, 9.17) is 0 Å². The third-order valence-corrected chi connectivity index (χ3v) is 5.28. The van der Waals surface area contributed by atoms with Gasteiger partial charge in [-0.1, -0.05) is 47.7 Å². The first-order chi connectivity index (χ1) is 14.0. The van der Waals surface area contributed by atoms with Crippen molar-refractivity contribution in [2.45, 2.75) is 18.6 Å². The zero-order valence-electron chi connectivity index (χ0n) is 16.9. The number of anilines is 2. The Labute approximate surface area is 175 Å². The number of rotatable bonds is 8. The second-order valence-corrected chi connectivity index (χ2v) is 7.80. The van der Waals surface area contributed by atoms with Crippen molar-refractivity contribution in [1.29, 1.82) is 0 Å². The lowest BCUT2D eigenvalue weighted by Gasteiger charge is -2.14. The number of thioether (sulfide) groups is 1. The van der Waals surface area contributed by atoms with Crippen LogP contribution in [0.25, 0.3) is 11.4 Å². The van der Waals surface area contributed by atoms with E-state index < -0.39 is 0 Å². The molecule has 1 heterocycles. The van der Waals surface area contributed by atoms with Crippen molar-refractivity contribution in [3.63, 3.8) is 0 Å². The molecule has 0 saturated heterocycles. The molecule has 29 heavy (non-hydrogen) atoms. The highest BCUT2D eigenvalue weighted by atomic mass is 32.2. The van der Waals surface area contributed by atoms with Gasteiger partial charge in [-0.05, 0) is 31.2 Å². The van der Waals surface area contributed by atoms with Gasteiger partial charge in [-0.25, -0.2) is 0 Å². The zero-order chi connectivity index (χ0) is 20.8. The van der Waals surface area contributed by atoms with Crippen LogP contribution in [0.5, 0.6) is 0 Å². The van der Waals surface area contributed by atoms with Crippen LogP contribution in [-0.2, 0) is 11.3 Å².